The molecule has 12 heteroatoms. The fourth-order valence-corrected chi connectivity index (χ4v) is 5.54. The van der Waals surface area contributed by atoms with E-state index in [2.05, 4.69) is 48.0 Å². The van der Waals surface area contributed by atoms with Crippen LogP contribution >= 0.6 is 0 Å². The molecule has 0 aliphatic carbocycles. The Morgan fingerprint density at radius 1 is 1.21 bits per heavy atom. The third kappa shape index (κ3) is 5.93. The number of anilines is 2. The lowest BCUT2D eigenvalue weighted by atomic mass is 10.1. The summed E-state index contributed by atoms with van der Waals surface area (Å²) in [5, 5.41) is 9.28. The molecule has 2 aromatic carbocycles. The van der Waals surface area contributed by atoms with E-state index in [0.717, 1.165) is 18.5 Å². The summed E-state index contributed by atoms with van der Waals surface area (Å²) < 4.78 is 7.47. The molecule has 0 spiro atoms. The van der Waals surface area contributed by atoms with Crippen LogP contribution in [0, 0.1) is 6.92 Å². The standard InChI is InChI=1S/C30H36N8O4/c1-19-5-3-6-22(15-19)37-14-13-36(17-20(37)2)29(40)21-8-9-25-24(16-21)34-28(26-10-11-27(35-41)42-26)38(25)23(18-39)7-4-12-33-30(31)32/h3,5-6,8-11,15-16,18,20,23,35,41H,4,7,12-14,17H2,1-2H3,(H4,31,32,33). The van der Waals surface area contributed by atoms with Crippen molar-refractivity contribution in [3.05, 3.63) is 65.7 Å². The van der Waals surface area contributed by atoms with E-state index in [1.165, 1.54) is 5.56 Å². The number of hydrogen-bond acceptors (Lipinski definition) is 8. The molecule has 1 aliphatic heterocycles. The van der Waals surface area contributed by atoms with E-state index >= 15 is 0 Å². The smallest absolute Gasteiger partial charge is 0.254 e. The predicted molar refractivity (Wildman–Crippen MR) is 162 cm³/mol. The number of nitrogens with zero attached hydrogens (tertiary/aromatic N) is 5. The number of aliphatic imine (C=N–C) groups is 1. The highest BCUT2D eigenvalue weighted by Gasteiger charge is 2.29. The van der Waals surface area contributed by atoms with Crippen LogP contribution in [0.3, 0.4) is 0 Å². The predicted octanol–water partition coefficient (Wildman–Crippen LogP) is 3.55. The number of benzene rings is 2. The van der Waals surface area contributed by atoms with Crippen LogP contribution in [-0.2, 0) is 4.79 Å². The number of guanidine groups is 1. The lowest BCUT2D eigenvalue weighted by Gasteiger charge is -2.41. The first kappa shape index (κ1) is 28.7. The Bertz CT molecular complexity index is 1610. The van der Waals surface area contributed by atoms with Gasteiger partial charge in [-0.3, -0.25) is 15.0 Å². The molecule has 1 saturated heterocycles. The molecule has 0 bridgehead atoms. The second-order valence-corrected chi connectivity index (χ2v) is 10.6. The molecule has 2 atom stereocenters. The minimum absolute atomic E-state index is 0.00536. The number of nitrogens with one attached hydrogen (secondary N) is 1. The highest BCUT2D eigenvalue weighted by atomic mass is 16.5. The molecular formula is C30H36N8O4. The number of rotatable bonds is 10. The van der Waals surface area contributed by atoms with E-state index in [1.807, 2.05) is 16.4 Å². The van der Waals surface area contributed by atoms with Crippen LogP contribution < -0.4 is 21.8 Å². The van der Waals surface area contributed by atoms with Crippen molar-refractivity contribution in [1.29, 1.82) is 0 Å². The lowest BCUT2D eigenvalue weighted by molar-refractivity contribution is -0.110. The van der Waals surface area contributed by atoms with Crippen LogP contribution in [-0.4, -0.2) is 70.0 Å². The van der Waals surface area contributed by atoms with E-state index in [9.17, 15) is 14.8 Å². The van der Waals surface area contributed by atoms with Gasteiger partial charge in [0, 0.05) is 49.5 Å². The summed E-state index contributed by atoms with van der Waals surface area (Å²) in [6.45, 7) is 6.51. The van der Waals surface area contributed by atoms with Gasteiger partial charge in [-0.1, -0.05) is 12.1 Å². The number of furan rings is 1. The minimum atomic E-state index is -0.591. The van der Waals surface area contributed by atoms with Gasteiger partial charge in [-0.2, -0.15) is 0 Å². The fraction of sp³-hybridized carbons (Fsp3) is 0.333. The number of hydrogen-bond donors (Lipinski definition) is 4. The Balaban J connectivity index is 1.42. The third-order valence-electron chi connectivity index (χ3n) is 7.56. The van der Waals surface area contributed by atoms with Gasteiger partial charge in [0.15, 0.2) is 17.5 Å². The van der Waals surface area contributed by atoms with Crippen LogP contribution in [0.25, 0.3) is 22.6 Å². The summed E-state index contributed by atoms with van der Waals surface area (Å²) in [6.07, 6.45) is 1.86. The molecule has 3 heterocycles. The molecule has 2 unspecified atom stereocenters. The zero-order valence-electron chi connectivity index (χ0n) is 23.7. The number of aromatic nitrogens is 2. The normalized spacial score (nSPS) is 15.9. The highest BCUT2D eigenvalue weighted by molar-refractivity contribution is 5.98. The van der Waals surface area contributed by atoms with E-state index < -0.39 is 6.04 Å². The Morgan fingerprint density at radius 2 is 2.05 bits per heavy atom. The van der Waals surface area contributed by atoms with E-state index in [-0.39, 0.29) is 23.8 Å². The van der Waals surface area contributed by atoms with Crippen molar-refractivity contribution < 1.29 is 19.2 Å². The fourth-order valence-electron chi connectivity index (χ4n) is 5.54. The van der Waals surface area contributed by atoms with Gasteiger partial charge >= 0.3 is 0 Å². The molecule has 220 valence electrons. The maximum absolute atomic E-state index is 13.6. The van der Waals surface area contributed by atoms with Gasteiger partial charge < -0.3 is 35.0 Å². The molecular weight excluding hydrogens is 536 g/mol. The summed E-state index contributed by atoms with van der Waals surface area (Å²) in [7, 11) is 0. The van der Waals surface area contributed by atoms with Crippen molar-refractivity contribution >= 4 is 40.8 Å². The topological polar surface area (TPSA) is 168 Å². The Labute approximate surface area is 243 Å². The molecule has 0 radical (unpaired) electrons. The van der Waals surface area contributed by atoms with Crippen molar-refractivity contribution in [2.75, 3.05) is 36.6 Å². The van der Waals surface area contributed by atoms with Gasteiger partial charge in [0.1, 0.15) is 6.29 Å². The van der Waals surface area contributed by atoms with Crippen molar-refractivity contribution in [3.63, 3.8) is 0 Å². The van der Waals surface area contributed by atoms with Crippen molar-refractivity contribution in [2.24, 2.45) is 16.5 Å². The number of fused-ring (bicyclic) bond motifs is 1. The first-order chi connectivity index (χ1) is 20.3. The van der Waals surface area contributed by atoms with Crippen LogP contribution in [0.2, 0.25) is 0 Å². The summed E-state index contributed by atoms with van der Waals surface area (Å²) in [6, 6.07) is 16.5. The number of piperazine rings is 1. The summed E-state index contributed by atoms with van der Waals surface area (Å²) in [5.41, 5.74) is 17.0. The lowest BCUT2D eigenvalue weighted by Crippen LogP contribution is -2.53. The maximum atomic E-state index is 13.6. The maximum Gasteiger partial charge on any atom is 0.254 e. The molecule has 42 heavy (non-hydrogen) atoms. The quantitative estimate of drug-likeness (QED) is 0.0730. The largest absolute Gasteiger partial charge is 0.435 e. The van der Waals surface area contributed by atoms with Crippen LogP contribution in [0.15, 0.2) is 64.0 Å². The highest BCUT2D eigenvalue weighted by Crippen LogP contribution is 2.33. The van der Waals surface area contributed by atoms with Gasteiger partial charge in [0.2, 0.25) is 5.88 Å². The average Bonchev–Trinajstić information content (AvgIpc) is 3.61. The monoisotopic (exact) mass is 572 g/mol. The van der Waals surface area contributed by atoms with E-state index in [0.29, 0.717) is 60.7 Å². The number of carbonyl (C=O) groups excluding carboxylic acids is 2. The van der Waals surface area contributed by atoms with Gasteiger partial charge in [0.25, 0.3) is 5.91 Å². The van der Waals surface area contributed by atoms with Crippen molar-refractivity contribution in [3.8, 4) is 11.6 Å². The Hall–Kier alpha value is -4.84. The number of nitrogens with two attached hydrogens (primary N) is 2. The van der Waals surface area contributed by atoms with Gasteiger partial charge in [0.05, 0.1) is 17.1 Å². The number of amides is 1. The van der Waals surface area contributed by atoms with E-state index in [4.69, 9.17) is 20.9 Å². The minimum Gasteiger partial charge on any atom is -0.435 e. The van der Waals surface area contributed by atoms with Crippen molar-refractivity contribution in [2.45, 2.75) is 38.8 Å². The summed E-state index contributed by atoms with van der Waals surface area (Å²) >= 11 is 0. The van der Waals surface area contributed by atoms with Gasteiger partial charge in [-0.25, -0.2) is 10.5 Å². The number of aryl methyl sites for hydroxylation is 1. The number of aldehydes is 1. The first-order valence-corrected chi connectivity index (χ1v) is 13.9. The van der Waals surface area contributed by atoms with Gasteiger partial charge in [-0.05, 0) is 68.7 Å². The van der Waals surface area contributed by atoms with Crippen molar-refractivity contribution in [1.82, 2.24) is 14.5 Å². The third-order valence-corrected chi connectivity index (χ3v) is 7.56. The van der Waals surface area contributed by atoms with Crippen LogP contribution in [0.4, 0.5) is 11.6 Å². The SMILES string of the molecule is Cc1cccc(N2CCN(C(=O)c3ccc4c(c3)nc(-c3ccc(NO)o3)n4C(C=O)CCCN=C(N)N)CC2C)c1. The molecule has 12 nitrogen and oxygen atoms in total. The number of carbonyl (C=O) groups is 2. The van der Waals surface area contributed by atoms with Gasteiger partial charge in [-0.15, -0.1) is 0 Å². The average molecular weight is 573 g/mol. The summed E-state index contributed by atoms with van der Waals surface area (Å²) in [4.78, 5) is 38.9. The molecule has 1 fully saturated rings. The molecule has 0 saturated carbocycles. The zero-order chi connectivity index (χ0) is 29.8. The Morgan fingerprint density at radius 3 is 2.74 bits per heavy atom. The molecule has 1 aliphatic rings. The summed E-state index contributed by atoms with van der Waals surface area (Å²) in [5.74, 6) is 0.809. The first-order valence-electron chi connectivity index (χ1n) is 13.9. The van der Waals surface area contributed by atoms with Crippen LogP contribution in [0.5, 0.6) is 0 Å². The second-order valence-electron chi connectivity index (χ2n) is 10.6. The molecule has 6 N–H and O–H groups in total. The Kier molecular flexibility index (Phi) is 8.43. The number of imidazole rings is 1. The molecule has 2 aromatic heterocycles. The molecule has 4 aromatic rings. The van der Waals surface area contributed by atoms with Crippen LogP contribution in [0.1, 0.15) is 41.7 Å². The van der Waals surface area contributed by atoms with E-state index in [1.54, 1.807) is 28.8 Å². The zero-order valence-corrected chi connectivity index (χ0v) is 23.7. The second kappa shape index (κ2) is 12.4. The molecule has 1 amide bonds. The molecule has 5 rings (SSSR count).